The molecule has 0 saturated carbocycles. The molecule has 32 heavy (non-hydrogen) atoms. The van der Waals surface area contributed by atoms with Gasteiger partial charge >= 0.3 is 0 Å². The maximum atomic E-state index is 12.3. The van der Waals surface area contributed by atoms with Crippen LogP contribution in [0.3, 0.4) is 0 Å². The molecular weight excluding hydrogens is 404 g/mol. The molecule has 4 rings (SSSR count). The highest BCUT2D eigenvalue weighted by Crippen LogP contribution is 2.30. The van der Waals surface area contributed by atoms with E-state index in [4.69, 9.17) is 4.74 Å². The smallest absolute Gasteiger partial charge is 0.266 e. The van der Waals surface area contributed by atoms with Gasteiger partial charge in [0.2, 0.25) is 5.91 Å². The summed E-state index contributed by atoms with van der Waals surface area (Å²) in [7, 11) is 0. The summed E-state index contributed by atoms with van der Waals surface area (Å²) in [6.07, 6.45) is 0.129. The first-order valence-corrected chi connectivity index (χ1v) is 11.4. The lowest BCUT2D eigenvalue weighted by molar-refractivity contribution is -0.130. The predicted molar refractivity (Wildman–Crippen MR) is 125 cm³/mol. The minimum Gasteiger partial charge on any atom is -0.478 e. The topological polar surface area (TPSA) is 73.9 Å². The molecule has 0 aliphatic carbocycles. The van der Waals surface area contributed by atoms with E-state index < -0.39 is 6.10 Å². The molecule has 0 bridgehead atoms. The van der Waals surface area contributed by atoms with Gasteiger partial charge in [-0.3, -0.25) is 14.5 Å². The lowest BCUT2D eigenvalue weighted by Gasteiger charge is -2.34. The first-order chi connectivity index (χ1) is 15.6. The number of nitrogens with one attached hydrogen (secondary N) is 2. The maximum absolute atomic E-state index is 12.3. The third-order valence-corrected chi connectivity index (χ3v) is 6.01. The van der Waals surface area contributed by atoms with E-state index >= 15 is 0 Å². The monoisotopic (exact) mass is 436 g/mol. The van der Waals surface area contributed by atoms with E-state index in [-0.39, 0.29) is 18.2 Å². The number of hydrogen-bond donors (Lipinski definition) is 2. The molecule has 1 atom stereocenters. The third-order valence-electron chi connectivity index (χ3n) is 6.01. The summed E-state index contributed by atoms with van der Waals surface area (Å²) < 4.78 is 5.74. The van der Waals surface area contributed by atoms with E-state index in [1.807, 2.05) is 25.1 Å². The summed E-state index contributed by atoms with van der Waals surface area (Å²) in [6.45, 7) is 8.76. The Labute approximate surface area is 189 Å². The molecule has 170 valence electrons. The first kappa shape index (κ1) is 22.3. The fourth-order valence-corrected chi connectivity index (χ4v) is 4.18. The number of anilines is 1. The van der Waals surface area contributed by atoms with Gasteiger partial charge in [0.1, 0.15) is 5.75 Å². The van der Waals surface area contributed by atoms with Crippen LogP contribution in [0, 0.1) is 6.92 Å². The molecule has 1 fully saturated rings. The van der Waals surface area contributed by atoms with Crippen LogP contribution in [0.25, 0.3) is 0 Å². The van der Waals surface area contributed by atoms with Crippen LogP contribution in [-0.2, 0) is 16.1 Å². The zero-order valence-corrected chi connectivity index (χ0v) is 18.7. The molecule has 2 N–H and O–H groups in total. The molecule has 2 aliphatic heterocycles. The standard InChI is InChI=1S/C25H32N4O3/c1-19-8-9-22-21(16-19)27-25(31)23(32-22)17-24(30)26-10-5-11-28-12-14-29(15-13-28)18-20-6-3-2-4-7-20/h2-4,6-9,16,23H,5,10-15,17-18H2,1H3,(H,26,30)(H,27,31). The average molecular weight is 437 g/mol. The average Bonchev–Trinajstić information content (AvgIpc) is 2.79. The Morgan fingerprint density at radius 3 is 2.62 bits per heavy atom. The third kappa shape index (κ3) is 6.08. The summed E-state index contributed by atoms with van der Waals surface area (Å²) in [4.78, 5) is 29.5. The number of benzene rings is 2. The van der Waals surface area contributed by atoms with E-state index in [1.165, 1.54) is 5.56 Å². The maximum Gasteiger partial charge on any atom is 0.266 e. The van der Waals surface area contributed by atoms with Gasteiger partial charge < -0.3 is 20.3 Å². The Morgan fingerprint density at radius 2 is 1.84 bits per heavy atom. The Morgan fingerprint density at radius 1 is 1.09 bits per heavy atom. The van der Waals surface area contributed by atoms with E-state index in [0.717, 1.165) is 51.3 Å². The van der Waals surface area contributed by atoms with Gasteiger partial charge in [0.15, 0.2) is 6.10 Å². The molecule has 7 heteroatoms. The zero-order chi connectivity index (χ0) is 22.3. The van der Waals surface area contributed by atoms with Crippen LogP contribution in [-0.4, -0.2) is 67.0 Å². The van der Waals surface area contributed by atoms with Crippen molar-refractivity contribution in [2.75, 3.05) is 44.6 Å². The number of fused-ring (bicyclic) bond motifs is 1. The number of carbonyl (C=O) groups excluding carboxylic acids is 2. The van der Waals surface area contributed by atoms with Crippen molar-refractivity contribution in [1.29, 1.82) is 0 Å². The lowest BCUT2D eigenvalue weighted by Crippen LogP contribution is -2.46. The minimum absolute atomic E-state index is 0.0251. The molecule has 1 unspecified atom stereocenters. The highest BCUT2D eigenvalue weighted by molar-refractivity contribution is 6.00. The SMILES string of the molecule is Cc1ccc2c(c1)NC(=O)C(CC(=O)NCCCN1CCN(Cc3ccccc3)CC1)O2. The number of aryl methyl sites for hydroxylation is 1. The fourth-order valence-electron chi connectivity index (χ4n) is 4.18. The number of ether oxygens (including phenoxy) is 1. The second-order valence-corrected chi connectivity index (χ2v) is 8.61. The van der Waals surface area contributed by atoms with Gasteiger partial charge in [0, 0.05) is 39.3 Å². The molecule has 1 saturated heterocycles. The van der Waals surface area contributed by atoms with Crippen molar-refractivity contribution >= 4 is 17.5 Å². The molecule has 2 aromatic carbocycles. The van der Waals surface area contributed by atoms with Crippen molar-refractivity contribution in [1.82, 2.24) is 15.1 Å². The van der Waals surface area contributed by atoms with Gasteiger partial charge in [-0.1, -0.05) is 36.4 Å². The van der Waals surface area contributed by atoms with Gasteiger partial charge in [-0.05, 0) is 43.1 Å². The number of nitrogens with zero attached hydrogens (tertiary/aromatic N) is 2. The van der Waals surface area contributed by atoms with Gasteiger partial charge in [-0.25, -0.2) is 0 Å². The number of rotatable bonds is 8. The predicted octanol–water partition coefficient (Wildman–Crippen LogP) is 2.41. The Balaban J connectivity index is 1.11. The summed E-state index contributed by atoms with van der Waals surface area (Å²) in [5, 5.41) is 5.76. The number of amides is 2. The van der Waals surface area contributed by atoms with Crippen molar-refractivity contribution in [3.8, 4) is 5.75 Å². The van der Waals surface area contributed by atoms with Crippen molar-refractivity contribution in [2.45, 2.75) is 32.4 Å². The number of hydrogen-bond acceptors (Lipinski definition) is 5. The highest BCUT2D eigenvalue weighted by Gasteiger charge is 2.29. The summed E-state index contributed by atoms with van der Waals surface area (Å²) in [5.41, 5.74) is 3.06. The molecule has 0 radical (unpaired) electrons. The lowest BCUT2D eigenvalue weighted by atomic mass is 10.1. The van der Waals surface area contributed by atoms with E-state index in [9.17, 15) is 9.59 Å². The van der Waals surface area contributed by atoms with Crippen molar-refractivity contribution in [2.24, 2.45) is 0 Å². The Hall–Kier alpha value is -2.90. The second kappa shape index (κ2) is 10.6. The Kier molecular flexibility index (Phi) is 7.39. The molecule has 2 heterocycles. The molecule has 7 nitrogen and oxygen atoms in total. The first-order valence-electron chi connectivity index (χ1n) is 11.4. The summed E-state index contributed by atoms with van der Waals surface area (Å²) >= 11 is 0. The van der Waals surface area contributed by atoms with Gasteiger partial charge in [0.05, 0.1) is 12.1 Å². The van der Waals surface area contributed by atoms with Gasteiger partial charge in [-0.2, -0.15) is 0 Å². The van der Waals surface area contributed by atoms with Crippen LogP contribution in [0.4, 0.5) is 5.69 Å². The van der Waals surface area contributed by atoms with Gasteiger partial charge in [-0.15, -0.1) is 0 Å². The molecule has 2 aliphatic rings. The van der Waals surface area contributed by atoms with Crippen LogP contribution in [0.15, 0.2) is 48.5 Å². The number of carbonyl (C=O) groups is 2. The normalized spacial score (nSPS) is 19.0. The molecule has 2 aromatic rings. The zero-order valence-electron chi connectivity index (χ0n) is 18.7. The summed E-state index contributed by atoms with van der Waals surface area (Å²) in [5.74, 6) is 0.180. The largest absolute Gasteiger partial charge is 0.478 e. The summed E-state index contributed by atoms with van der Waals surface area (Å²) in [6, 6.07) is 16.2. The molecule has 0 aromatic heterocycles. The quantitative estimate of drug-likeness (QED) is 0.622. The van der Waals surface area contributed by atoms with E-state index in [2.05, 4.69) is 50.8 Å². The minimum atomic E-state index is -0.789. The fraction of sp³-hybridized carbons (Fsp3) is 0.440. The van der Waals surface area contributed by atoms with Crippen molar-refractivity contribution in [3.05, 3.63) is 59.7 Å². The highest BCUT2D eigenvalue weighted by atomic mass is 16.5. The van der Waals surface area contributed by atoms with Gasteiger partial charge in [0.25, 0.3) is 5.91 Å². The van der Waals surface area contributed by atoms with Crippen LogP contribution >= 0.6 is 0 Å². The van der Waals surface area contributed by atoms with Crippen LogP contribution < -0.4 is 15.4 Å². The molecule has 2 amide bonds. The molecular formula is C25H32N4O3. The van der Waals surface area contributed by atoms with E-state index in [0.29, 0.717) is 18.0 Å². The van der Waals surface area contributed by atoms with E-state index in [1.54, 1.807) is 0 Å². The van der Waals surface area contributed by atoms with Crippen LogP contribution in [0.2, 0.25) is 0 Å². The second-order valence-electron chi connectivity index (χ2n) is 8.61. The van der Waals surface area contributed by atoms with Crippen molar-refractivity contribution in [3.63, 3.8) is 0 Å². The molecule has 0 spiro atoms. The Bertz CT molecular complexity index is 926. The van der Waals surface area contributed by atoms with Crippen molar-refractivity contribution < 1.29 is 14.3 Å². The van der Waals surface area contributed by atoms with Crippen LogP contribution in [0.1, 0.15) is 24.0 Å². The van der Waals surface area contributed by atoms with Crippen LogP contribution in [0.5, 0.6) is 5.75 Å². The number of piperazine rings is 1.